The van der Waals surface area contributed by atoms with E-state index >= 15 is 0 Å². The van der Waals surface area contributed by atoms with Crippen LogP contribution in [0, 0.1) is 5.92 Å². The van der Waals surface area contributed by atoms with Crippen LogP contribution in [0.5, 0.6) is 0 Å². The average Bonchev–Trinajstić information content (AvgIpc) is 2.74. The van der Waals surface area contributed by atoms with Gasteiger partial charge in [-0.15, -0.1) is 0 Å². The van der Waals surface area contributed by atoms with Crippen molar-refractivity contribution in [3.8, 4) is 0 Å². The maximum Gasteiger partial charge on any atom is 0.407 e. The molecule has 0 bridgehead atoms. The highest BCUT2D eigenvalue weighted by atomic mass is 16.6. The normalized spacial score (nSPS) is 21.8. The van der Waals surface area contributed by atoms with Gasteiger partial charge in [-0.1, -0.05) is 0 Å². The molecule has 2 N–H and O–H groups in total. The van der Waals surface area contributed by atoms with Gasteiger partial charge in [0.2, 0.25) is 5.91 Å². The molecule has 0 spiro atoms. The minimum Gasteiger partial charge on any atom is -0.464 e. The van der Waals surface area contributed by atoms with Crippen LogP contribution in [0.15, 0.2) is 0 Å². The number of hydrogen-bond acceptors (Lipinski definition) is 6. The van der Waals surface area contributed by atoms with Crippen molar-refractivity contribution in [3.63, 3.8) is 0 Å². The molecular formula is C16H26N2O6. The van der Waals surface area contributed by atoms with Gasteiger partial charge in [-0.25, -0.2) is 9.59 Å². The summed E-state index contributed by atoms with van der Waals surface area (Å²) in [5, 5.41) is 5.15. The Labute approximate surface area is 141 Å². The van der Waals surface area contributed by atoms with Crippen molar-refractivity contribution >= 4 is 23.8 Å². The van der Waals surface area contributed by atoms with Crippen molar-refractivity contribution in [1.29, 1.82) is 0 Å². The Morgan fingerprint density at radius 2 is 1.88 bits per heavy atom. The molecule has 0 aromatic heterocycles. The van der Waals surface area contributed by atoms with Gasteiger partial charge in [-0.2, -0.15) is 0 Å². The molecule has 1 fully saturated rings. The predicted molar refractivity (Wildman–Crippen MR) is 85.1 cm³/mol. The fourth-order valence-electron chi connectivity index (χ4n) is 2.64. The van der Waals surface area contributed by atoms with Gasteiger partial charge >= 0.3 is 12.1 Å². The lowest BCUT2D eigenvalue weighted by molar-refractivity contribution is -0.149. The van der Waals surface area contributed by atoms with Crippen molar-refractivity contribution in [2.45, 2.75) is 65.1 Å². The SMILES string of the molecule is CCOC(=O)C(NC(C)=O)[C@H]1CC(=O)C[C@H]1NC(=O)OC(C)(C)C. The van der Waals surface area contributed by atoms with Crippen LogP contribution in [-0.2, 0) is 23.9 Å². The minimum absolute atomic E-state index is 0.0736. The van der Waals surface area contributed by atoms with Crippen LogP contribution in [0.1, 0.15) is 47.5 Å². The molecule has 0 aromatic rings. The molecule has 136 valence electrons. The van der Waals surface area contributed by atoms with Crippen LogP contribution < -0.4 is 10.6 Å². The van der Waals surface area contributed by atoms with E-state index in [2.05, 4.69) is 10.6 Å². The van der Waals surface area contributed by atoms with Crippen LogP contribution in [0.25, 0.3) is 0 Å². The van der Waals surface area contributed by atoms with Gasteiger partial charge in [-0.3, -0.25) is 9.59 Å². The van der Waals surface area contributed by atoms with E-state index in [0.717, 1.165) is 0 Å². The topological polar surface area (TPSA) is 111 Å². The number of carbonyl (C=O) groups is 4. The number of nitrogens with one attached hydrogen (secondary N) is 2. The molecule has 24 heavy (non-hydrogen) atoms. The van der Waals surface area contributed by atoms with Crippen molar-refractivity contribution in [2.75, 3.05) is 6.61 Å². The molecule has 0 heterocycles. The number of alkyl carbamates (subject to hydrolysis) is 1. The second-order valence-corrected chi connectivity index (χ2v) is 6.79. The molecular weight excluding hydrogens is 316 g/mol. The number of carbonyl (C=O) groups excluding carboxylic acids is 4. The minimum atomic E-state index is -0.992. The third-order valence-electron chi connectivity index (χ3n) is 3.46. The Kier molecular flexibility index (Phi) is 6.74. The average molecular weight is 342 g/mol. The summed E-state index contributed by atoms with van der Waals surface area (Å²) in [5.74, 6) is -1.71. The number of ether oxygens (including phenoxy) is 2. The highest BCUT2D eigenvalue weighted by molar-refractivity contribution is 5.88. The fraction of sp³-hybridized carbons (Fsp3) is 0.750. The zero-order valence-electron chi connectivity index (χ0n) is 14.8. The van der Waals surface area contributed by atoms with E-state index in [-0.39, 0.29) is 25.2 Å². The van der Waals surface area contributed by atoms with E-state index in [1.54, 1.807) is 27.7 Å². The Bertz CT molecular complexity index is 511. The summed E-state index contributed by atoms with van der Waals surface area (Å²) in [6.07, 6.45) is -0.512. The smallest absolute Gasteiger partial charge is 0.407 e. The summed E-state index contributed by atoms with van der Waals surface area (Å²) in [6, 6.07) is -1.59. The molecule has 1 aliphatic rings. The van der Waals surface area contributed by atoms with Crippen molar-refractivity contribution in [3.05, 3.63) is 0 Å². The molecule has 1 unspecified atom stereocenters. The molecule has 2 amide bonds. The van der Waals surface area contributed by atoms with E-state index in [1.165, 1.54) is 6.92 Å². The van der Waals surface area contributed by atoms with Crippen LogP contribution >= 0.6 is 0 Å². The summed E-state index contributed by atoms with van der Waals surface area (Å²) >= 11 is 0. The van der Waals surface area contributed by atoms with Gasteiger partial charge in [0.25, 0.3) is 0 Å². The molecule has 0 aliphatic heterocycles. The second kappa shape index (κ2) is 8.12. The highest BCUT2D eigenvalue weighted by Crippen LogP contribution is 2.27. The summed E-state index contributed by atoms with van der Waals surface area (Å²) in [5.41, 5.74) is -0.680. The largest absolute Gasteiger partial charge is 0.464 e. The number of hydrogen-bond donors (Lipinski definition) is 2. The van der Waals surface area contributed by atoms with Crippen molar-refractivity contribution in [2.24, 2.45) is 5.92 Å². The van der Waals surface area contributed by atoms with Gasteiger partial charge in [0.15, 0.2) is 0 Å². The molecule has 0 saturated heterocycles. The molecule has 0 aromatic carbocycles. The quantitative estimate of drug-likeness (QED) is 0.719. The number of esters is 1. The molecule has 3 atom stereocenters. The Balaban J connectivity index is 2.89. The zero-order valence-corrected chi connectivity index (χ0v) is 14.8. The lowest BCUT2D eigenvalue weighted by atomic mass is 9.94. The zero-order chi connectivity index (χ0) is 18.5. The maximum absolute atomic E-state index is 12.1. The predicted octanol–water partition coefficient (Wildman–Crippen LogP) is 0.927. The van der Waals surface area contributed by atoms with E-state index in [1.807, 2.05) is 0 Å². The van der Waals surface area contributed by atoms with Crippen molar-refractivity contribution in [1.82, 2.24) is 10.6 Å². The van der Waals surface area contributed by atoms with Crippen LogP contribution in [0.3, 0.4) is 0 Å². The summed E-state index contributed by atoms with van der Waals surface area (Å²) < 4.78 is 10.2. The van der Waals surface area contributed by atoms with E-state index in [9.17, 15) is 19.2 Å². The number of rotatable bonds is 5. The van der Waals surface area contributed by atoms with Gasteiger partial charge in [0, 0.05) is 31.7 Å². The van der Waals surface area contributed by atoms with E-state index in [4.69, 9.17) is 9.47 Å². The first-order valence-corrected chi connectivity index (χ1v) is 7.98. The molecule has 8 nitrogen and oxygen atoms in total. The van der Waals surface area contributed by atoms with Crippen LogP contribution in [0.2, 0.25) is 0 Å². The van der Waals surface area contributed by atoms with Crippen molar-refractivity contribution < 1.29 is 28.7 Å². The molecule has 8 heteroatoms. The van der Waals surface area contributed by atoms with Crippen LogP contribution in [0.4, 0.5) is 4.79 Å². The Morgan fingerprint density at radius 1 is 1.25 bits per heavy atom. The second-order valence-electron chi connectivity index (χ2n) is 6.79. The lowest BCUT2D eigenvalue weighted by Gasteiger charge is -2.28. The molecule has 0 radical (unpaired) electrons. The summed E-state index contributed by atoms with van der Waals surface area (Å²) in [4.78, 5) is 47.3. The molecule has 1 aliphatic carbocycles. The number of ketones is 1. The standard InChI is InChI=1S/C16H26N2O6/c1-6-23-14(21)13(17-9(2)19)11-7-10(20)8-12(11)18-15(22)24-16(3,4)5/h11-13H,6-8H2,1-5H3,(H,17,19)(H,18,22)/t11-,12+,13?/m0/s1. The number of amides is 2. The van der Waals surface area contributed by atoms with E-state index in [0.29, 0.717) is 0 Å². The third kappa shape index (κ3) is 6.17. The van der Waals surface area contributed by atoms with Crippen LogP contribution in [-0.4, -0.2) is 48.0 Å². The Morgan fingerprint density at radius 3 is 2.38 bits per heavy atom. The van der Waals surface area contributed by atoms with Gasteiger partial charge in [-0.05, 0) is 27.7 Å². The monoisotopic (exact) mass is 342 g/mol. The first-order chi connectivity index (χ1) is 11.0. The maximum atomic E-state index is 12.1. The molecule has 1 rings (SSSR count). The summed E-state index contributed by atoms with van der Waals surface area (Å²) in [6.45, 7) is 8.26. The lowest BCUT2D eigenvalue weighted by Crippen LogP contribution is -2.52. The van der Waals surface area contributed by atoms with Gasteiger partial charge in [0.1, 0.15) is 17.4 Å². The summed E-state index contributed by atoms with van der Waals surface area (Å²) in [7, 11) is 0. The first-order valence-electron chi connectivity index (χ1n) is 7.98. The molecule has 1 saturated carbocycles. The Hall–Kier alpha value is -2.12. The van der Waals surface area contributed by atoms with Gasteiger partial charge in [0.05, 0.1) is 6.61 Å². The third-order valence-corrected chi connectivity index (χ3v) is 3.46. The highest BCUT2D eigenvalue weighted by Gasteiger charge is 2.43. The number of Topliss-reactive ketones (excluding diaryl/α,β-unsaturated/α-hetero) is 1. The first kappa shape index (κ1) is 19.9. The van der Waals surface area contributed by atoms with E-state index < -0.39 is 41.6 Å². The van der Waals surface area contributed by atoms with Gasteiger partial charge < -0.3 is 20.1 Å². The fourth-order valence-corrected chi connectivity index (χ4v) is 2.64.